The summed E-state index contributed by atoms with van der Waals surface area (Å²) in [4.78, 5) is 4.19. The Bertz CT molecular complexity index is 239. The molecule has 1 rings (SSSR count). The molecule has 2 nitrogen and oxygen atoms in total. The van der Waals surface area contributed by atoms with Gasteiger partial charge in [-0.2, -0.15) is 0 Å². The van der Waals surface area contributed by atoms with E-state index in [1.54, 1.807) is 6.20 Å². The first-order valence-corrected chi connectivity index (χ1v) is 3.64. The van der Waals surface area contributed by atoms with Crippen LogP contribution in [0.15, 0.2) is 30.5 Å². The molecule has 0 saturated heterocycles. The number of pyridine rings is 1. The minimum absolute atomic E-state index is 0.984. The molecule has 0 fully saturated rings. The molecule has 0 radical (unpaired) electrons. The predicted molar refractivity (Wildman–Crippen MR) is 46.9 cm³/mol. The quantitative estimate of drug-likeness (QED) is 0.690. The molecule has 1 aromatic rings. The van der Waals surface area contributed by atoms with Gasteiger partial charge in [0, 0.05) is 13.2 Å². The molecule has 0 aliphatic carbocycles. The predicted octanol–water partition coefficient (Wildman–Crippen LogP) is 1.66. The van der Waals surface area contributed by atoms with Crippen molar-refractivity contribution in [2.45, 2.75) is 6.92 Å². The van der Waals surface area contributed by atoms with Gasteiger partial charge in [0.2, 0.25) is 0 Å². The third kappa shape index (κ3) is 1.80. The molecule has 11 heavy (non-hydrogen) atoms. The molecule has 0 aromatic carbocycles. The van der Waals surface area contributed by atoms with Crippen LogP contribution in [0.3, 0.4) is 0 Å². The Labute approximate surface area is 67.0 Å². The highest BCUT2D eigenvalue weighted by atomic mass is 14.9. The lowest BCUT2D eigenvalue weighted by Gasteiger charge is -2.03. The number of aromatic nitrogens is 1. The van der Waals surface area contributed by atoms with E-state index in [1.807, 2.05) is 38.2 Å². The zero-order chi connectivity index (χ0) is 8.10. The number of rotatable bonds is 2. The number of allylic oxidation sites excluding steroid dienone is 1. The second-order valence-corrected chi connectivity index (χ2v) is 2.17. The molecule has 1 N–H and O–H groups in total. The molecule has 58 valence electrons. The summed E-state index contributed by atoms with van der Waals surface area (Å²) in [6, 6.07) is 5.86. The Hall–Kier alpha value is -1.31. The summed E-state index contributed by atoms with van der Waals surface area (Å²) in [7, 11) is 1.89. The average molecular weight is 148 g/mol. The van der Waals surface area contributed by atoms with Crippen LogP contribution < -0.4 is 5.32 Å². The van der Waals surface area contributed by atoms with E-state index in [-0.39, 0.29) is 0 Å². The Morgan fingerprint density at radius 1 is 1.55 bits per heavy atom. The van der Waals surface area contributed by atoms with Crippen molar-refractivity contribution >= 4 is 5.70 Å². The van der Waals surface area contributed by atoms with Crippen LogP contribution in [0.4, 0.5) is 0 Å². The maximum atomic E-state index is 4.19. The fourth-order valence-electron chi connectivity index (χ4n) is 0.942. The Balaban J connectivity index is 2.92. The van der Waals surface area contributed by atoms with Gasteiger partial charge in [-0.25, -0.2) is 0 Å². The van der Waals surface area contributed by atoms with Crippen molar-refractivity contribution in [1.82, 2.24) is 10.3 Å². The lowest BCUT2D eigenvalue weighted by atomic mass is 10.2. The van der Waals surface area contributed by atoms with Crippen LogP contribution in [-0.2, 0) is 0 Å². The van der Waals surface area contributed by atoms with Crippen molar-refractivity contribution in [3.05, 3.63) is 36.2 Å². The maximum Gasteiger partial charge on any atom is 0.0857 e. The zero-order valence-corrected chi connectivity index (χ0v) is 6.83. The van der Waals surface area contributed by atoms with Crippen LogP contribution in [0.1, 0.15) is 12.6 Å². The van der Waals surface area contributed by atoms with Gasteiger partial charge in [-0.3, -0.25) is 4.98 Å². The van der Waals surface area contributed by atoms with E-state index in [2.05, 4.69) is 10.3 Å². The van der Waals surface area contributed by atoms with Gasteiger partial charge in [0.25, 0.3) is 0 Å². The summed E-state index contributed by atoms with van der Waals surface area (Å²) < 4.78 is 0. The number of nitrogens with zero attached hydrogens (tertiary/aromatic N) is 1. The topological polar surface area (TPSA) is 24.9 Å². The molecule has 0 bridgehead atoms. The summed E-state index contributed by atoms with van der Waals surface area (Å²) in [5, 5.41) is 3.07. The van der Waals surface area contributed by atoms with Crippen molar-refractivity contribution in [3.63, 3.8) is 0 Å². The second kappa shape index (κ2) is 3.76. The molecule has 0 aliphatic rings. The smallest absolute Gasteiger partial charge is 0.0857 e. The molecule has 0 amide bonds. The van der Waals surface area contributed by atoms with Gasteiger partial charge in [-0.05, 0) is 19.1 Å². The molecule has 1 aromatic heterocycles. The highest BCUT2D eigenvalue weighted by Gasteiger charge is 1.95. The van der Waals surface area contributed by atoms with E-state index in [1.165, 1.54) is 0 Å². The third-order valence-corrected chi connectivity index (χ3v) is 1.50. The first-order chi connectivity index (χ1) is 5.38. The van der Waals surface area contributed by atoms with E-state index in [4.69, 9.17) is 0 Å². The standard InChI is InChI=1S/C9H12N2/c1-3-8(10-2)9-6-4-5-7-11-9/h3-7,10H,1-2H3/b8-3-. The van der Waals surface area contributed by atoms with Crippen molar-refractivity contribution in [3.8, 4) is 0 Å². The molecule has 0 spiro atoms. The van der Waals surface area contributed by atoms with Crippen LogP contribution >= 0.6 is 0 Å². The first-order valence-electron chi connectivity index (χ1n) is 3.64. The first kappa shape index (κ1) is 7.79. The van der Waals surface area contributed by atoms with Gasteiger partial charge in [-0.15, -0.1) is 0 Å². The Morgan fingerprint density at radius 3 is 2.82 bits per heavy atom. The molecule has 1 heterocycles. The van der Waals surface area contributed by atoms with E-state index in [0.717, 1.165) is 11.4 Å². The molecule has 0 aliphatic heterocycles. The number of hydrogen-bond donors (Lipinski definition) is 1. The van der Waals surface area contributed by atoms with Gasteiger partial charge < -0.3 is 5.32 Å². The van der Waals surface area contributed by atoms with Crippen LogP contribution in [0.25, 0.3) is 5.70 Å². The molecule has 0 unspecified atom stereocenters. The Kier molecular flexibility index (Phi) is 2.66. The van der Waals surface area contributed by atoms with Crippen molar-refractivity contribution in [2.24, 2.45) is 0 Å². The van der Waals surface area contributed by atoms with E-state index < -0.39 is 0 Å². The lowest BCUT2D eigenvalue weighted by Crippen LogP contribution is -2.05. The fraction of sp³-hybridized carbons (Fsp3) is 0.222. The van der Waals surface area contributed by atoms with E-state index in [9.17, 15) is 0 Å². The van der Waals surface area contributed by atoms with Crippen LogP contribution in [-0.4, -0.2) is 12.0 Å². The molecule has 0 atom stereocenters. The highest BCUT2D eigenvalue weighted by molar-refractivity contribution is 5.59. The van der Waals surface area contributed by atoms with E-state index >= 15 is 0 Å². The summed E-state index contributed by atoms with van der Waals surface area (Å²) in [5.74, 6) is 0. The van der Waals surface area contributed by atoms with Crippen LogP contribution in [0.2, 0.25) is 0 Å². The van der Waals surface area contributed by atoms with Gasteiger partial charge >= 0.3 is 0 Å². The summed E-state index contributed by atoms with van der Waals surface area (Å²) in [6.07, 6.45) is 3.79. The minimum Gasteiger partial charge on any atom is -0.387 e. The van der Waals surface area contributed by atoms with Gasteiger partial charge in [-0.1, -0.05) is 12.1 Å². The van der Waals surface area contributed by atoms with Crippen LogP contribution in [0, 0.1) is 0 Å². The number of hydrogen-bond acceptors (Lipinski definition) is 2. The third-order valence-electron chi connectivity index (χ3n) is 1.50. The fourth-order valence-corrected chi connectivity index (χ4v) is 0.942. The number of nitrogens with one attached hydrogen (secondary N) is 1. The molecule has 2 heteroatoms. The summed E-state index contributed by atoms with van der Waals surface area (Å²) in [6.45, 7) is 1.99. The second-order valence-electron chi connectivity index (χ2n) is 2.17. The SMILES string of the molecule is C/C=C(\NC)c1ccccn1. The summed E-state index contributed by atoms with van der Waals surface area (Å²) >= 11 is 0. The summed E-state index contributed by atoms with van der Waals surface area (Å²) in [5.41, 5.74) is 2.04. The minimum atomic E-state index is 0.984. The normalized spacial score (nSPS) is 11.3. The monoisotopic (exact) mass is 148 g/mol. The Morgan fingerprint density at radius 2 is 2.36 bits per heavy atom. The molecular weight excluding hydrogens is 136 g/mol. The van der Waals surface area contributed by atoms with Gasteiger partial charge in [0.05, 0.1) is 11.4 Å². The zero-order valence-electron chi connectivity index (χ0n) is 6.83. The van der Waals surface area contributed by atoms with E-state index in [0.29, 0.717) is 0 Å². The van der Waals surface area contributed by atoms with Crippen molar-refractivity contribution in [1.29, 1.82) is 0 Å². The highest BCUT2D eigenvalue weighted by Crippen LogP contribution is 2.05. The molecular formula is C9H12N2. The van der Waals surface area contributed by atoms with Crippen molar-refractivity contribution in [2.75, 3.05) is 7.05 Å². The maximum absolute atomic E-state index is 4.19. The van der Waals surface area contributed by atoms with Gasteiger partial charge in [0.1, 0.15) is 0 Å². The average Bonchev–Trinajstić information content (AvgIpc) is 2.09. The lowest BCUT2D eigenvalue weighted by molar-refractivity contribution is 1.09. The molecule has 0 saturated carbocycles. The van der Waals surface area contributed by atoms with Gasteiger partial charge in [0.15, 0.2) is 0 Å². The van der Waals surface area contributed by atoms with Crippen LogP contribution in [0.5, 0.6) is 0 Å². The largest absolute Gasteiger partial charge is 0.387 e. The van der Waals surface area contributed by atoms with Crippen molar-refractivity contribution < 1.29 is 0 Å².